The van der Waals surface area contributed by atoms with E-state index in [0.717, 1.165) is 60.6 Å². The van der Waals surface area contributed by atoms with Gasteiger partial charge in [-0.2, -0.15) is 0 Å². The molecule has 9 nitrogen and oxygen atoms in total. The van der Waals surface area contributed by atoms with Crippen LogP contribution >= 0.6 is 11.8 Å². The summed E-state index contributed by atoms with van der Waals surface area (Å²) < 4.78 is 5.52. The van der Waals surface area contributed by atoms with E-state index < -0.39 is 5.97 Å². The average molecular weight is 647 g/mol. The van der Waals surface area contributed by atoms with E-state index in [9.17, 15) is 19.5 Å². The summed E-state index contributed by atoms with van der Waals surface area (Å²) in [6.07, 6.45) is 11.5. The molecule has 3 N–H and O–H groups in total. The van der Waals surface area contributed by atoms with Gasteiger partial charge in [-0.15, -0.1) is 0 Å². The van der Waals surface area contributed by atoms with Gasteiger partial charge >= 0.3 is 5.97 Å². The fourth-order valence-electron chi connectivity index (χ4n) is 5.88. The number of aliphatic carboxylic acids is 1. The number of fused-ring (bicyclic) bond motifs is 3. The lowest BCUT2D eigenvalue weighted by Gasteiger charge is -2.24. The van der Waals surface area contributed by atoms with Gasteiger partial charge in [-0.1, -0.05) is 43.1 Å². The number of carbonyl (C=O) groups is 3. The Balaban J connectivity index is 1.62. The third-order valence-electron chi connectivity index (χ3n) is 8.65. The molecule has 2 bridgehead atoms. The highest BCUT2D eigenvalue weighted by Crippen LogP contribution is 2.33. The fraction of sp³-hybridized carbons (Fsp3) is 0.444. The molecule has 4 rings (SSSR count). The van der Waals surface area contributed by atoms with Crippen LogP contribution in [0.5, 0.6) is 0 Å². The molecule has 1 aromatic heterocycles. The lowest BCUT2D eigenvalue weighted by atomic mass is 9.86. The maximum atomic E-state index is 13.7. The molecular weight excluding hydrogens is 600 g/mol. The van der Waals surface area contributed by atoms with Gasteiger partial charge in [-0.3, -0.25) is 24.3 Å². The van der Waals surface area contributed by atoms with E-state index in [1.807, 2.05) is 23.1 Å². The quantitative estimate of drug-likeness (QED) is 0.376. The molecular formula is C36H46N4O5S. The van der Waals surface area contributed by atoms with Crippen molar-refractivity contribution in [2.24, 2.45) is 11.8 Å². The van der Waals surface area contributed by atoms with Crippen molar-refractivity contribution in [3.05, 3.63) is 94.9 Å². The Labute approximate surface area is 276 Å². The van der Waals surface area contributed by atoms with Gasteiger partial charge in [0.1, 0.15) is 0 Å². The van der Waals surface area contributed by atoms with Crippen LogP contribution < -0.4 is 10.6 Å². The predicted octanol–water partition coefficient (Wildman–Crippen LogP) is 5.40. The molecule has 2 aliphatic heterocycles. The average Bonchev–Trinajstić information content (AvgIpc) is 3.17. The molecule has 0 spiro atoms. The number of nitrogens with one attached hydrogen (secondary N) is 2. The number of hydrogen-bond acceptors (Lipinski definition) is 7. The summed E-state index contributed by atoms with van der Waals surface area (Å²) in [7, 11) is 0. The zero-order valence-electron chi connectivity index (χ0n) is 26.8. The summed E-state index contributed by atoms with van der Waals surface area (Å²) in [6, 6.07) is 3.85. The summed E-state index contributed by atoms with van der Waals surface area (Å²) in [4.78, 5) is 46.0. The highest BCUT2D eigenvalue weighted by atomic mass is 32.2. The van der Waals surface area contributed by atoms with Crippen LogP contribution in [0, 0.1) is 11.8 Å². The van der Waals surface area contributed by atoms with Crippen molar-refractivity contribution in [1.82, 2.24) is 20.5 Å². The van der Waals surface area contributed by atoms with Crippen LogP contribution in [0.25, 0.3) is 4.91 Å². The molecule has 10 heteroatoms. The highest BCUT2D eigenvalue weighted by molar-refractivity contribution is 8.10. The van der Waals surface area contributed by atoms with Crippen molar-refractivity contribution in [3.8, 4) is 0 Å². The number of carbonyl (C=O) groups excluding carboxylic acids is 2. The van der Waals surface area contributed by atoms with E-state index in [1.54, 1.807) is 24.6 Å². The Morgan fingerprint density at radius 2 is 1.96 bits per heavy atom. The van der Waals surface area contributed by atoms with E-state index in [-0.39, 0.29) is 30.8 Å². The molecule has 0 radical (unpaired) electrons. The van der Waals surface area contributed by atoms with Crippen molar-refractivity contribution in [2.45, 2.75) is 51.9 Å². The number of amides is 2. The van der Waals surface area contributed by atoms with Gasteiger partial charge in [0.25, 0.3) is 11.8 Å². The number of aromatic nitrogens is 1. The third kappa shape index (κ3) is 10.4. The molecule has 2 amide bonds. The second-order valence-electron chi connectivity index (χ2n) is 12.2. The largest absolute Gasteiger partial charge is 0.480 e. The Morgan fingerprint density at radius 1 is 1.17 bits per heavy atom. The minimum atomic E-state index is -0.929. The number of nitrogens with zero attached hydrogens (tertiary/aromatic N) is 2. The number of pyridine rings is 1. The summed E-state index contributed by atoms with van der Waals surface area (Å²) in [5.74, 6) is -0.902. The molecule has 3 aliphatic rings. The zero-order valence-corrected chi connectivity index (χ0v) is 27.6. The van der Waals surface area contributed by atoms with Gasteiger partial charge in [0.05, 0.1) is 12.1 Å². The Bertz CT molecular complexity index is 1440. The first-order valence-corrected chi connectivity index (χ1v) is 16.9. The Kier molecular flexibility index (Phi) is 13.2. The molecule has 246 valence electrons. The SMILES string of the molecule is C=C(C)C1=CSC(=C)c2ccnc(c2)CCCN(CC(=O)O)CCNC(=O)C2=CC(=C)C(CCC3CCOCC3)CC=C2NC1=O. The smallest absolute Gasteiger partial charge is 0.317 e. The molecule has 0 aromatic carbocycles. The maximum absolute atomic E-state index is 13.7. The monoisotopic (exact) mass is 646 g/mol. The first kappa shape index (κ1) is 35.1. The summed E-state index contributed by atoms with van der Waals surface area (Å²) in [5.41, 5.74) is 4.34. The molecule has 0 saturated carbocycles. The van der Waals surface area contributed by atoms with Crippen molar-refractivity contribution in [1.29, 1.82) is 0 Å². The van der Waals surface area contributed by atoms with Crippen molar-refractivity contribution >= 4 is 34.5 Å². The lowest BCUT2D eigenvalue weighted by molar-refractivity contribution is -0.138. The van der Waals surface area contributed by atoms with Crippen LogP contribution in [0.1, 0.15) is 56.7 Å². The highest BCUT2D eigenvalue weighted by Gasteiger charge is 2.25. The van der Waals surface area contributed by atoms with Crippen LogP contribution in [0.2, 0.25) is 0 Å². The van der Waals surface area contributed by atoms with Gasteiger partial charge in [0, 0.05) is 54.4 Å². The maximum Gasteiger partial charge on any atom is 0.317 e. The van der Waals surface area contributed by atoms with Gasteiger partial charge in [0.2, 0.25) is 0 Å². The Hall–Kier alpha value is -3.73. The second-order valence-corrected chi connectivity index (χ2v) is 13.2. The first-order valence-electron chi connectivity index (χ1n) is 16.0. The van der Waals surface area contributed by atoms with Crippen LogP contribution in [0.4, 0.5) is 0 Å². The number of carboxylic acid groups (broad SMARTS) is 1. The zero-order chi connectivity index (χ0) is 33.1. The summed E-state index contributed by atoms with van der Waals surface area (Å²) in [5, 5.41) is 17.2. The van der Waals surface area contributed by atoms with Gasteiger partial charge in [0.15, 0.2) is 0 Å². The molecule has 1 aromatic rings. The van der Waals surface area contributed by atoms with E-state index in [1.165, 1.54) is 11.8 Å². The molecule has 1 atom stereocenters. The normalized spacial score (nSPS) is 21.6. The second kappa shape index (κ2) is 17.3. The van der Waals surface area contributed by atoms with Crippen LogP contribution in [0.15, 0.2) is 83.6 Å². The molecule has 1 aliphatic carbocycles. The summed E-state index contributed by atoms with van der Waals surface area (Å²) >= 11 is 1.33. The van der Waals surface area contributed by atoms with Crippen LogP contribution in [-0.2, 0) is 25.5 Å². The molecule has 1 unspecified atom stereocenters. The van der Waals surface area contributed by atoms with Gasteiger partial charge in [-0.05, 0) is 105 Å². The number of aryl methyl sites for hydroxylation is 1. The van der Waals surface area contributed by atoms with Crippen molar-refractivity contribution in [3.63, 3.8) is 0 Å². The minimum absolute atomic E-state index is 0.136. The number of carboxylic acids is 1. The van der Waals surface area contributed by atoms with E-state index in [4.69, 9.17) is 4.74 Å². The van der Waals surface area contributed by atoms with E-state index >= 15 is 0 Å². The molecule has 46 heavy (non-hydrogen) atoms. The number of ether oxygens (including phenoxy) is 1. The summed E-state index contributed by atoms with van der Waals surface area (Å²) in [6.45, 7) is 17.0. The number of hydrogen-bond donors (Lipinski definition) is 3. The van der Waals surface area contributed by atoms with E-state index in [2.05, 4.69) is 35.4 Å². The number of rotatable bonds is 6. The predicted molar refractivity (Wildman–Crippen MR) is 183 cm³/mol. The van der Waals surface area contributed by atoms with Gasteiger partial charge in [-0.25, -0.2) is 0 Å². The number of allylic oxidation sites excluding steroid dienone is 3. The van der Waals surface area contributed by atoms with Gasteiger partial charge < -0.3 is 20.5 Å². The van der Waals surface area contributed by atoms with Crippen LogP contribution in [0.3, 0.4) is 0 Å². The van der Waals surface area contributed by atoms with Crippen LogP contribution in [-0.4, -0.2) is 72.2 Å². The lowest BCUT2D eigenvalue weighted by Crippen LogP contribution is -2.39. The van der Waals surface area contributed by atoms with E-state index in [0.29, 0.717) is 60.7 Å². The number of thioether (sulfide) groups is 1. The topological polar surface area (TPSA) is 121 Å². The molecule has 1 fully saturated rings. The van der Waals surface area contributed by atoms with Crippen molar-refractivity contribution < 1.29 is 24.2 Å². The van der Waals surface area contributed by atoms with Crippen molar-refractivity contribution in [2.75, 3.05) is 39.4 Å². The minimum Gasteiger partial charge on any atom is -0.480 e. The first-order chi connectivity index (χ1) is 22.1. The Morgan fingerprint density at radius 3 is 2.70 bits per heavy atom. The third-order valence-corrected chi connectivity index (χ3v) is 9.52. The molecule has 3 heterocycles. The standard InChI is InChI=1S/C36H46N4O5S/c1-24(2)32-23-46-26(4)29-11-14-37-30(21-29)6-5-16-40(22-34(41)42)17-15-38-35(43)31-20-25(3)28(9-10-33(31)39-36(32)44)8-7-27-12-18-45-19-13-27/h10-11,14,20-21,23,27-28H,1,3-9,12-13,15-19,22H2,2H3,(H,38,43)(H,39,44)(H,41,42). The fourth-order valence-corrected chi connectivity index (χ4v) is 6.71. The molecule has 1 saturated heterocycles.